The number of ether oxygens (including phenoxy) is 3. The SMILES string of the molecule is CCc1ccc(CCC(=O)NCc2cc(OC)c(OC)cc2OC)cc1. The van der Waals surface area contributed by atoms with Gasteiger partial charge in [0.25, 0.3) is 0 Å². The lowest BCUT2D eigenvalue weighted by molar-refractivity contribution is -0.121. The molecule has 0 spiro atoms. The van der Waals surface area contributed by atoms with Crippen molar-refractivity contribution in [2.75, 3.05) is 21.3 Å². The number of aryl methyl sites for hydroxylation is 2. The second kappa shape index (κ2) is 9.70. The molecule has 0 bridgehead atoms. The van der Waals surface area contributed by atoms with Crippen molar-refractivity contribution >= 4 is 5.91 Å². The van der Waals surface area contributed by atoms with Gasteiger partial charge in [0.2, 0.25) is 5.91 Å². The molecule has 0 saturated heterocycles. The van der Waals surface area contributed by atoms with Gasteiger partial charge in [0, 0.05) is 24.6 Å². The van der Waals surface area contributed by atoms with E-state index < -0.39 is 0 Å². The van der Waals surface area contributed by atoms with E-state index in [1.807, 2.05) is 6.07 Å². The second-order valence-electron chi connectivity index (χ2n) is 5.97. The maximum absolute atomic E-state index is 12.2. The van der Waals surface area contributed by atoms with Crippen molar-refractivity contribution in [3.63, 3.8) is 0 Å². The summed E-state index contributed by atoms with van der Waals surface area (Å²) in [4.78, 5) is 12.2. The van der Waals surface area contributed by atoms with Crippen LogP contribution in [0.5, 0.6) is 17.2 Å². The van der Waals surface area contributed by atoms with Gasteiger partial charge in [0.05, 0.1) is 21.3 Å². The summed E-state index contributed by atoms with van der Waals surface area (Å²) in [6.45, 7) is 2.50. The average molecular weight is 357 g/mol. The summed E-state index contributed by atoms with van der Waals surface area (Å²) in [7, 11) is 4.74. The fraction of sp³-hybridized carbons (Fsp3) is 0.381. The van der Waals surface area contributed by atoms with Gasteiger partial charge in [-0.05, 0) is 30.0 Å². The van der Waals surface area contributed by atoms with E-state index in [-0.39, 0.29) is 5.91 Å². The van der Waals surface area contributed by atoms with E-state index >= 15 is 0 Å². The summed E-state index contributed by atoms with van der Waals surface area (Å²) >= 11 is 0. The zero-order valence-corrected chi connectivity index (χ0v) is 15.9. The molecule has 140 valence electrons. The Morgan fingerprint density at radius 3 is 2.04 bits per heavy atom. The van der Waals surface area contributed by atoms with Gasteiger partial charge >= 0.3 is 0 Å². The highest BCUT2D eigenvalue weighted by Crippen LogP contribution is 2.34. The van der Waals surface area contributed by atoms with Crippen LogP contribution in [0, 0.1) is 0 Å². The molecule has 0 aliphatic carbocycles. The number of rotatable bonds is 9. The number of hydrogen-bond donors (Lipinski definition) is 1. The predicted octanol–water partition coefficient (Wildman–Crippen LogP) is 3.52. The van der Waals surface area contributed by atoms with Crippen molar-refractivity contribution in [2.24, 2.45) is 0 Å². The molecule has 0 atom stereocenters. The third kappa shape index (κ3) is 5.15. The Kier molecular flexibility index (Phi) is 7.33. The Morgan fingerprint density at radius 2 is 1.46 bits per heavy atom. The Bertz CT molecular complexity index is 726. The van der Waals surface area contributed by atoms with Crippen molar-refractivity contribution in [3.05, 3.63) is 53.1 Å². The first-order valence-electron chi connectivity index (χ1n) is 8.74. The maximum atomic E-state index is 12.2. The van der Waals surface area contributed by atoms with Gasteiger partial charge in [0.1, 0.15) is 5.75 Å². The molecule has 26 heavy (non-hydrogen) atoms. The molecule has 2 aromatic carbocycles. The third-order valence-electron chi connectivity index (χ3n) is 4.33. The fourth-order valence-corrected chi connectivity index (χ4v) is 2.71. The van der Waals surface area contributed by atoms with Crippen LogP contribution in [0.4, 0.5) is 0 Å². The molecule has 0 radical (unpaired) electrons. The minimum Gasteiger partial charge on any atom is -0.496 e. The van der Waals surface area contributed by atoms with Crippen molar-refractivity contribution in [1.82, 2.24) is 5.32 Å². The molecule has 1 amide bonds. The van der Waals surface area contributed by atoms with Gasteiger partial charge in [-0.15, -0.1) is 0 Å². The Labute approximate surface area is 155 Å². The van der Waals surface area contributed by atoms with Gasteiger partial charge in [-0.25, -0.2) is 0 Å². The van der Waals surface area contributed by atoms with E-state index in [1.165, 1.54) is 11.1 Å². The fourth-order valence-electron chi connectivity index (χ4n) is 2.71. The minimum atomic E-state index is 0.00130. The van der Waals surface area contributed by atoms with Crippen molar-refractivity contribution in [1.29, 1.82) is 0 Å². The molecule has 0 aliphatic heterocycles. The number of amides is 1. The Hall–Kier alpha value is -2.69. The minimum absolute atomic E-state index is 0.00130. The predicted molar refractivity (Wildman–Crippen MR) is 102 cm³/mol. The van der Waals surface area contributed by atoms with Gasteiger partial charge in [0.15, 0.2) is 11.5 Å². The van der Waals surface area contributed by atoms with E-state index in [0.717, 1.165) is 18.4 Å². The average Bonchev–Trinajstić information content (AvgIpc) is 2.70. The molecule has 5 heteroatoms. The summed E-state index contributed by atoms with van der Waals surface area (Å²) < 4.78 is 16.0. The van der Waals surface area contributed by atoms with Crippen LogP contribution in [-0.2, 0) is 24.2 Å². The molecule has 0 unspecified atom stereocenters. The van der Waals surface area contributed by atoms with Gasteiger partial charge in [-0.1, -0.05) is 31.2 Å². The third-order valence-corrected chi connectivity index (χ3v) is 4.33. The number of carbonyl (C=O) groups is 1. The van der Waals surface area contributed by atoms with E-state index in [9.17, 15) is 4.79 Å². The lowest BCUT2D eigenvalue weighted by Gasteiger charge is -2.14. The standard InChI is InChI=1S/C21H27NO4/c1-5-15-6-8-16(9-7-15)10-11-21(23)22-14-17-12-19(25-3)20(26-4)13-18(17)24-2/h6-9,12-13H,5,10-11,14H2,1-4H3,(H,22,23). The number of methoxy groups -OCH3 is 3. The first-order valence-corrected chi connectivity index (χ1v) is 8.74. The molecule has 1 N–H and O–H groups in total. The molecule has 0 aliphatic rings. The molecule has 2 aromatic rings. The highest BCUT2D eigenvalue weighted by Gasteiger charge is 2.12. The molecular formula is C21H27NO4. The number of hydrogen-bond acceptors (Lipinski definition) is 4. The first kappa shape index (κ1) is 19.6. The van der Waals surface area contributed by atoms with E-state index in [4.69, 9.17) is 14.2 Å². The van der Waals surface area contributed by atoms with Crippen LogP contribution < -0.4 is 19.5 Å². The molecule has 2 rings (SSSR count). The summed E-state index contributed by atoms with van der Waals surface area (Å²) in [5, 5.41) is 2.94. The van der Waals surface area contributed by atoms with E-state index in [1.54, 1.807) is 27.4 Å². The van der Waals surface area contributed by atoms with Gasteiger partial charge in [-0.3, -0.25) is 4.79 Å². The normalized spacial score (nSPS) is 10.3. The van der Waals surface area contributed by atoms with Crippen LogP contribution in [0.15, 0.2) is 36.4 Å². The van der Waals surface area contributed by atoms with Crippen molar-refractivity contribution < 1.29 is 19.0 Å². The number of nitrogens with one attached hydrogen (secondary N) is 1. The molecule has 0 fully saturated rings. The lowest BCUT2D eigenvalue weighted by Crippen LogP contribution is -2.23. The summed E-state index contributed by atoms with van der Waals surface area (Å²) in [5.41, 5.74) is 3.31. The zero-order chi connectivity index (χ0) is 18.9. The summed E-state index contributed by atoms with van der Waals surface area (Å²) in [6, 6.07) is 12.0. The smallest absolute Gasteiger partial charge is 0.220 e. The summed E-state index contributed by atoms with van der Waals surface area (Å²) in [5.74, 6) is 1.85. The monoisotopic (exact) mass is 357 g/mol. The highest BCUT2D eigenvalue weighted by molar-refractivity contribution is 5.76. The quantitative estimate of drug-likeness (QED) is 0.746. The Morgan fingerprint density at radius 1 is 0.885 bits per heavy atom. The zero-order valence-electron chi connectivity index (χ0n) is 15.9. The topological polar surface area (TPSA) is 56.8 Å². The lowest BCUT2D eigenvalue weighted by atomic mass is 10.1. The molecule has 0 heterocycles. The van der Waals surface area contributed by atoms with Crippen LogP contribution in [0.25, 0.3) is 0 Å². The number of benzene rings is 2. The van der Waals surface area contributed by atoms with Crippen molar-refractivity contribution in [2.45, 2.75) is 32.7 Å². The van der Waals surface area contributed by atoms with Crippen molar-refractivity contribution in [3.8, 4) is 17.2 Å². The van der Waals surface area contributed by atoms with E-state index in [2.05, 4.69) is 36.5 Å². The Balaban J connectivity index is 1.93. The van der Waals surface area contributed by atoms with Crippen LogP contribution in [-0.4, -0.2) is 27.2 Å². The highest BCUT2D eigenvalue weighted by atomic mass is 16.5. The molecule has 0 saturated carbocycles. The summed E-state index contributed by atoms with van der Waals surface area (Å²) in [6.07, 6.45) is 2.19. The first-order chi connectivity index (χ1) is 12.6. The van der Waals surface area contributed by atoms with Gasteiger partial charge in [-0.2, -0.15) is 0 Å². The van der Waals surface area contributed by atoms with Crippen LogP contribution in [0.3, 0.4) is 0 Å². The molecule has 5 nitrogen and oxygen atoms in total. The molecular weight excluding hydrogens is 330 g/mol. The van der Waals surface area contributed by atoms with E-state index in [0.29, 0.717) is 30.2 Å². The van der Waals surface area contributed by atoms with Gasteiger partial charge < -0.3 is 19.5 Å². The maximum Gasteiger partial charge on any atom is 0.220 e. The van der Waals surface area contributed by atoms with Crippen LogP contribution >= 0.6 is 0 Å². The number of carbonyl (C=O) groups excluding carboxylic acids is 1. The van der Waals surface area contributed by atoms with Crippen LogP contribution in [0.2, 0.25) is 0 Å². The van der Waals surface area contributed by atoms with Crippen LogP contribution in [0.1, 0.15) is 30.0 Å². The largest absolute Gasteiger partial charge is 0.496 e. The second-order valence-corrected chi connectivity index (χ2v) is 5.97. The molecule has 0 aromatic heterocycles.